The summed E-state index contributed by atoms with van der Waals surface area (Å²) in [5.74, 6) is -0.756. The van der Waals surface area contributed by atoms with Crippen LogP contribution in [0, 0.1) is 0 Å². The van der Waals surface area contributed by atoms with Gasteiger partial charge in [0.1, 0.15) is 0 Å². The second kappa shape index (κ2) is 7.45. The van der Waals surface area contributed by atoms with Gasteiger partial charge in [-0.15, -0.1) is 11.3 Å². The third-order valence-corrected chi connectivity index (χ3v) is 7.41. The number of hydrogen-bond donors (Lipinski definition) is 0. The largest absolute Gasteiger partial charge is 0.293 e. The number of hydrogen-bond acceptors (Lipinski definition) is 6. The van der Waals surface area contributed by atoms with Crippen LogP contribution < -0.4 is 0 Å². The molecule has 0 unspecified atom stereocenters. The molecule has 2 amide bonds. The summed E-state index contributed by atoms with van der Waals surface area (Å²) in [6.07, 6.45) is 1.65. The molecule has 25 heavy (non-hydrogen) atoms. The summed E-state index contributed by atoms with van der Waals surface area (Å²) in [6.45, 7) is -0.162. The van der Waals surface area contributed by atoms with Crippen molar-refractivity contribution in [3.8, 4) is 0 Å². The molecule has 2 heterocycles. The molecule has 0 N–H and O–H groups in total. The van der Waals surface area contributed by atoms with E-state index in [2.05, 4.69) is 15.9 Å². The average Bonchev–Trinajstić information content (AvgIpc) is 3.16. The van der Waals surface area contributed by atoms with Gasteiger partial charge < -0.3 is 0 Å². The molecule has 1 aromatic carbocycles. The highest BCUT2D eigenvalue weighted by Crippen LogP contribution is 2.33. The normalized spacial score (nSPS) is 16.8. The number of nitrogens with zero attached hydrogens (tertiary/aromatic N) is 1. The first kappa shape index (κ1) is 18.4. The third-order valence-electron chi connectivity index (χ3n) is 3.45. The van der Waals surface area contributed by atoms with Gasteiger partial charge in [0.15, 0.2) is 9.84 Å². The van der Waals surface area contributed by atoms with Crippen molar-refractivity contribution in [1.82, 2.24) is 4.90 Å². The van der Waals surface area contributed by atoms with E-state index in [9.17, 15) is 18.0 Å². The number of thioether (sulfide) groups is 1. The molecule has 1 fully saturated rings. The number of carbonyl (C=O) groups excluding carboxylic acids is 2. The SMILES string of the molecule is O=C1S/C(=C\c2cccs2)C(=O)N1CCS(=O)(=O)c1ccc(Br)cc1. The average molecular weight is 458 g/mol. The van der Waals surface area contributed by atoms with E-state index in [1.807, 2.05) is 17.5 Å². The zero-order chi connectivity index (χ0) is 18.0. The van der Waals surface area contributed by atoms with Crippen molar-refractivity contribution in [1.29, 1.82) is 0 Å². The van der Waals surface area contributed by atoms with Crippen LogP contribution in [0.2, 0.25) is 0 Å². The van der Waals surface area contributed by atoms with Crippen LogP contribution in [0.1, 0.15) is 4.88 Å². The molecule has 0 bridgehead atoms. The molecule has 0 aliphatic carbocycles. The van der Waals surface area contributed by atoms with Gasteiger partial charge in [-0.2, -0.15) is 0 Å². The summed E-state index contributed by atoms with van der Waals surface area (Å²) < 4.78 is 25.5. The molecule has 1 aliphatic heterocycles. The van der Waals surface area contributed by atoms with E-state index in [0.717, 1.165) is 26.0 Å². The van der Waals surface area contributed by atoms with Crippen molar-refractivity contribution in [2.75, 3.05) is 12.3 Å². The highest BCUT2D eigenvalue weighted by atomic mass is 79.9. The first-order valence-corrected chi connectivity index (χ1v) is 11.3. The Hall–Kier alpha value is -1.42. The Balaban J connectivity index is 1.71. The lowest BCUT2D eigenvalue weighted by Gasteiger charge is -2.12. The molecule has 5 nitrogen and oxygen atoms in total. The zero-order valence-electron chi connectivity index (χ0n) is 12.7. The summed E-state index contributed by atoms with van der Waals surface area (Å²) in [5.41, 5.74) is 0. The number of sulfone groups is 1. The Morgan fingerprint density at radius 1 is 1.12 bits per heavy atom. The first-order valence-electron chi connectivity index (χ1n) is 7.14. The van der Waals surface area contributed by atoms with Gasteiger partial charge in [0.2, 0.25) is 0 Å². The van der Waals surface area contributed by atoms with Crippen molar-refractivity contribution >= 4 is 66.1 Å². The van der Waals surface area contributed by atoms with E-state index in [4.69, 9.17) is 0 Å². The Morgan fingerprint density at radius 2 is 1.84 bits per heavy atom. The molecule has 130 valence electrons. The topological polar surface area (TPSA) is 71.5 Å². The van der Waals surface area contributed by atoms with Crippen LogP contribution in [0.3, 0.4) is 0 Å². The van der Waals surface area contributed by atoms with E-state index in [1.54, 1.807) is 18.2 Å². The van der Waals surface area contributed by atoms with Crippen LogP contribution in [0.5, 0.6) is 0 Å². The number of imide groups is 1. The van der Waals surface area contributed by atoms with Gasteiger partial charge in [0, 0.05) is 15.9 Å². The minimum atomic E-state index is -3.57. The lowest BCUT2D eigenvalue weighted by atomic mass is 10.4. The van der Waals surface area contributed by atoms with E-state index >= 15 is 0 Å². The van der Waals surface area contributed by atoms with Crippen molar-refractivity contribution in [3.63, 3.8) is 0 Å². The summed E-state index contributed by atoms with van der Waals surface area (Å²) in [7, 11) is -3.57. The van der Waals surface area contributed by atoms with E-state index in [1.165, 1.54) is 23.5 Å². The molecule has 3 rings (SSSR count). The zero-order valence-corrected chi connectivity index (χ0v) is 16.8. The maximum Gasteiger partial charge on any atom is 0.293 e. The molecule has 2 aromatic rings. The molecule has 0 saturated carbocycles. The highest BCUT2D eigenvalue weighted by molar-refractivity contribution is 9.10. The minimum absolute atomic E-state index is 0.162. The fourth-order valence-electron chi connectivity index (χ4n) is 2.17. The van der Waals surface area contributed by atoms with E-state index in [-0.39, 0.29) is 17.2 Å². The summed E-state index contributed by atoms with van der Waals surface area (Å²) in [6, 6.07) is 9.95. The minimum Gasteiger partial charge on any atom is -0.268 e. The van der Waals surface area contributed by atoms with Gasteiger partial charge in [-0.3, -0.25) is 14.5 Å². The fraction of sp³-hybridized carbons (Fsp3) is 0.125. The number of halogens is 1. The first-order chi connectivity index (χ1) is 11.9. The molecule has 9 heteroatoms. The van der Waals surface area contributed by atoms with Crippen LogP contribution >= 0.6 is 39.0 Å². The Morgan fingerprint density at radius 3 is 2.48 bits per heavy atom. The molecular weight excluding hydrogens is 446 g/mol. The van der Waals surface area contributed by atoms with Gasteiger partial charge in [0.05, 0.1) is 15.6 Å². The number of thiophene rings is 1. The quantitative estimate of drug-likeness (QED) is 0.633. The fourth-order valence-corrected chi connectivity index (χ4v) is 5.23. The maximum absolute atomic E-state index is 12.4. The van der Waals surface area contributed by atoms with Crippen LogP contribution in [0.4, 0.5) is 4.79 Å². The summed E-state index contributed by atoms with van der Waals surface area (Å²) >= 11 is 5.54. The van der Waals surface area contributed by atoms with Gasteiger partial charge in [-0.25, -0.2) is 8.42 Å². The van der Waals surface area contributed by atoms with Crippen molar-refractivity contribution in [2.45, 2.75) is 4.90 Å². The third kappa shape index (κ3) is 4.22. The molecule has 1 aliphatic rings. The van der Waals surface area contributed by atoms with Crippen molar-refractivity contribution < 1.29 is 18.0 Å². The molecule has 0 spiro atoms. The molecule has 0 radical (unpaired) electrons. The second-order valence-electron chi connectivity index (χ2n) is 5.12. The van der Waals surface area contributed by atoms with Gasteiger partial charge >= 0.3 is 0 Å². The lowest BCUT2D eigenvalue weighted by Crippen LogP contribution is -2.33. The highest BCUT2D eigenvalue weighted by Gasteiger charge is 2.35. The van der Waals surface area contributed by atoms with Crippen LogP contribution in [0.25, 0.3) is 6.08 Å². The summed E-state index contributed by atoms with van der Waals surface area (Å²) in [5, 5.41) is 1.43. The number of rotatable bonds is 5. The van der Waals surface area contributed by atoms with Crippen LogP contribution in [-0.4, -0.2) is 36.8 Å². The Labute approximate surface area is 161 Å². The number of benzene rings is 1. The second-order valence-corrected chi connectivity index (χ2v) is 10.1. The predicted molar refractivity (Wildman–Crippen MR) is 103 cm³/mol. The van der Waals surface area contributed by atoms with Gasteiger partial charge in [-0.1, -0.05) is 22.0 Å². The monoisotopic (exact) mass is 457 g/mol. The van der Waals surface area contributed by atoms with Gasteiger partial charge in [-0.05, 0) is 53.5 Å². The van der Waals surface area contributed by atoms with Crippen molar-refractivity contribution in [2.24, 2.45) is 0 Å². The predicted octanol–water partition coefficient (Wildman–Crippen LogP) is 4.02. The van der Waals surface area contributed by atoms with Crippen LogP contribution in [-0.2, 0) is 14.6 Å². The molecule has 1 saturated heterocycles. The smallest absolute Gasteiger partial charge is 0.268 e. The van der Waals surface area contributed by atoms with Crippen LogP contribution in [0.15, 0.2) is 56.1 Å². The van der Waals surface area contributed by atoms with Crippen molar-refractivity contribution in [3.05, 3.63) is 56.0 Å². The number of carbonyl (C=O) groups is 2. The lowest BCUT2D eigenvalue weighted by molar-refractivity contribution is -0.122. The molecule has 0 atom stereocenters. The maximum atomic E-state index is 12.4. The van der Waals surface area contributed by atoms with E-state index < -0.39 is 21.0 Å². The Kier molecular flexibility index (Phi) is 5.47. The standard InChI is InChI=1S/C16H12BrNO4S3/c17-11-3-5-13(6-4-11)25(21,22)9-7-18-15(19)14(24-16(18)20)10-12-2-1-8-23-12/h1-6,8,10H,7,9H2/b14-10-. The van der Waals surface area contributed by atoms with E-state index in [0.29, 0.717) is 4.91 Å². The molecule has 1 aromatic heterocycles. The Bertz CT molecular complexity index is 934. The van der Waals surface area contributed by atoms with Gasteiger partial charge in [0.25, 0.3) is 11.1 Å². The molecular formula is C16H12BrNO4S3. The summed E-state index contributed by atoms with van der Waals surface area (Å²) in [4.78, 5) is 26.7. The number of amides is 2.